The zero-order valence-electron chi connectivity index (χ0n) is 18.5. The lowest BCUT2D eigenvalue weighted by atomic mass is 10.0. The topological polar surface area (TPSA) is 156 Å². The van der Waals surface area contributed by atoms with E-state index in [1.165, 1.54) is 42.5 Å². The predicted molar refractivity (Wildman–Crippen MR) is 130 cm³/mol. The van der Waals surface area contributed by atoms with Crippen molar-refractivity contribution in [2.45, 2.75) is 36.1 Å². The first kappa shape index (κ1) is 25.2. The Bertz CT molecular complexity index is 1420. The minimum absolute atomic E-state index is 0.0347. The van der Waals surface area contributed by atoms with Crippen molar-refractivity contribution in [1.82, 2.24) is 0 Å². The molecule has 0 fully saturated rings. The average molecular weight is 504 g/mol. The minimum atomic E-state index is -4.07. The molecule has 3 aromatic carbocycles. The molecule has 34 heavy (non-hydrogen) atoms. The van der Waals surface area contributed by atoms with Gasteiger partial charge in [-0.1, -0.05) is 29.8 Å². The second-order valence-electron chi connectivity index (χ2n) is 7.84. The lowest BCUT2D eigenvalue weighted by Crippen LogP contribution is -2.32. The Morgan fingerprint density at radius 2 is 1.44 bits per heavy atom. The fraction of sp³-hybridized carbons (Fsp3) is 0.174. The summed E-state index contributed by atoms with van der Waals surface area (Å²) in [6, 6.07) is 15.3. The maximum absolute atomic E-state index is 12.9. The summed E-state index contributed by atoms with van der Waals surface area (Å²) in [5, 5.41) is 9.04. The van der Waals surface area contributed by atoms with E-state index in [1.807, 2.05) is 6.92 Å². The van der Waals surface area contributed by atoms with Crippen molar-refractivity contribution < 1.29 is 26.7 Å². The summed E-state index contributed by atoms with van der Waals surface area (Å²) in [4.78, 5) is 11.0. The second kappa shape index (κ2) is 9.84. The first-order chi connectivity index (χ1) is 15.9. The fourth-order valence-electron chi connectivity index (χ4n) is 3.15. The summed E-state index contributed by atoms with van der Waals surface area (Å²) in [7, 11) is -7.97. The third-order valence-electron chi connectivity index (χ3n) is 5.09. The average Bonchev–Trinajstić information content (AvgIpc) is 2.76. The molecule has 3 rings (SSSR count). The van der Waals surface area contributed by atoms with E-state index >= 15 is 0 Å². The van der Waals surface area contributed by atoms with Gasteiger partial charge in [-0.3, -0.25) is 14.2 Å². The van der Waals surface area contributed by atoms with Crippen LogP contribution >= 0.6 is 0 Å². The van der Waals surface area contributed by atoms with E-state index in [1.54, 1.807) is 31.2 Å². The summed E-state index contributed by atoms with van der Waals surface area (Å²) in [6.07, 6.45) is 0.0347. The molecule has 0 aliphatic rings. The second-order valence-corrected chi connectivity index (χ2v) is 11.2. The van der Waals surface area contributed by atoms with Crippen molar-refractivity contribution in [1.29, 1.82) is 0 Å². The van der Waals surface area contributed by atoms with Gasteiger partial charge in [0.1, 0.15) is 6.04 Å². The van der Waals surface area contributed by atoms with E-state index in [-0.39, 0.29) is 27.6 Å². The van der Waals surface area contributed by atoms with Crippen molar-refractivity contribution in [2.75, 3.05) is 9.44 Å². The molecule has 0 saturated heterocycles. The molecular formula is C23H25N3O6S2. The number of nitrogens with two attached hydrogens (primary N) is 1. The first-order valence-corrected chi connectivity index (χ1v) is 13.1. The first-order valence-electron chi connectivity index (χ1n) is 10.2. The Morgan fingerprint density at radius 1 is 0.853 bits per heavy atom. The van der Waals surface area contributed by atoms with Crippen LogP contribution in [0.1, 0.15) is 16.7 Å². The monoisotopic (exact) mass is 503 g/mol. The zero-order chi connectivity index (χ0) is 25.1. The summed E-state index contributed by atoms with van der Waals surface area (Å²) >= 11 is 0. The fourth-order valence-corrected chi connectivity index (χ4v) is 5.30. The van der Waals surface area contributed by atoms with Crippen LogP contribution in [0.15, 0.2) is 76.5 Å². The smallest absolute Gasteiger partial charge is 0.320 e. The van der Waals surface area contributed by atoms with Gasteiger partial charge in [-0.2, -0.15) is 0 Å². The van der Waals surface area contributed by atoms with E-state index in [0.29, 0.717) is 5.56 Å². The molecule has 0 radical (unpaired) electrons. The summed E-state index contributed by atoms with van der Waals surface area (Å²) in [5.74, 6) is -1.16. The number of hydrogen-bond acceptors (Lipinski definition) is 6. The highest BCUT2D eigenvalue weighted by atomic mass is 32.2. The number of benzene rings is 3. The van der Waals surface area contributed by atoms with Crippen molar-refractivity contribution in [3.8, 4) is 0 Å². The van der Waals surface area contributed by atoms with Crippen molar-refractivity contribution in [3.05, 3.63) is 83.4 Å². The highest BCUT2D eigenvalue weighted by Crippen LogP contribution is 2.23. The summed E-state index contributed by atoms with van der Waals surface area (Å²) < 4.78 is 56.0. The van der Waals surface area contributed by atoms with Crippen LogP contribution < -0.4 is 15.2 Å². The van der Waals surface area contributed by atoms with Gasteiger partial charge in [-0.05, 0) is 73.9 Å². The number of rotatable bonds is 9. The van der Waals surface area contributed by atoms with Crippen LogP contribution in [0.25, 0.3) is 0 Å². The molecule has 0 spiro atoms. The van der Waals surface area contributed by atoms with Gasteiger partial charge in [0.2, 0.25) is 0 Å². The molecule has 5 N–H and O–H groups in total. The van der Waals surface area contributed by atoms with E-state index in [0.717, 1.165) is 11.1 Å². The SMILES string of the molecule is Cc1ccc(S(=O)(=O)Nc2cccc(S(=O)(=O)Nc3ccc(C)c(C[C@H](N)C(=O)O)c3)c2)cc1. The van der Waals surface area contributed by atoms with Gasteiger partial charge in [-0.25, -0.2) is 16.8 Å². The third-order valence-corrected chi connectivity index (χ3v) is 7.86. The summed E-state index contributed by atoms with van der Waals surface area (Å²) in [5.41, 5.74) is 8.19. The quantitative estimate of drug-likeness (QED) is 0.350. The van der Waals surface area contributed by atoms with Crippen LogP contribution in [-0.4, -0.2) is 34.0 Å². The van der Waals surface area contributed by atoms with Gasteiger partial charge < -0.3 is 10.8 Å². The number of aliphatic carboxylic acids is 1. The van der Waals surface area contributed by atoms with Crippen molar-refractivity contribution >= 4 is 37.4 Å². The summed E-state index contributed by atoms with van der Waals surface area (Å²) in [6.45, 7) is 3.61. The molecule has 180 valence electrons. The molecule has 0 bridgehead atoms. The maximum Gasteiger partial charge on any atom is 0.320 e. The van der Waals surface area contributed by atoms with Crippen LogP contribution in [0, 0.1) is 13.8 Å². The van der Waals surface area contributed by atoms with Crippen LogP contribution in [0.2, 0.25) is 0 Å². The molecule has 0 saturated carbocycles. The van der Waals surface area contributed by atoms with Crippen LogP contribution in [0.3, 0.4) is 0 Å². The van der Waals surface area contributed by atoms with Gasteiger partial charge in [0.15, 0.2) is 0 Å². The Labute approximate surface area is 198 Å². The number of carboxylic acids is 1. The standard InChI is InChI=1S/C23H25N3O6S2/c1-15-6-10-20(11-7-15)33(29,30)25-18-4-3-5-21(14-18)34(31,32)26-19-9-8-16(2)17(12-19)13-22(24)23(27)28/h3-12,14,22,25-26H,13,24H2,1-2H3,(H,27,28)/t22-/m0/s1. The number of hydrogen-bond donors (Lipinski definition) is 4. The molecule has 0 aromatic heterocycles. The molecule has 0 heterocycles. The number of anilines is 2. The molecular weight excluding hydrogens is 478 g/mol. The lowest BCUT2D eigenvalue weighted by Gasteiger charge is -2.14. The largest absolute Gasteiger partial charge is 0.480 e. The molecule has 9 nitrogen and oxygen atoms in total. The van der Waals surface area contributed by atoms with Crippen LogP contribution in [-0.2, 0) is 31.3 Å². The van der Waals surface area contributed by atoms with Gasteiger partial charge in [0.05, 0.1) is 15.5 Å². The highest BCUT2D eigenvalue weighted by Gasteiger charge is 2.19. The van der Waals surface area contributed by atoms with Gasteiger partial charge in [-0.15, -0.1) is 0 Å². The normalized spacial score (nSPS) is 12.7. The molecule has 0 unspecified atom stereocenters. The van der Waals surface area contributed by atoms with Crippen molar-refractivity contribution in [2.24, 2.45) is 5.73 Å². The Morgan fingerprint density at radius 3 is 2.06 bits per heavy atom. The molecule has 11 heteroatoms. The van der Waals surface area contributed by atoms with Crippen molar-refractivity contribution in [3.63, 3.8) is 0 Å². The van der Waals surface area contributed by atoms with E-state index < -0.39 is 32.1 Å². The van der Waals surface area contributed by atoms with Gasteiger partial charge in [0.25, 0.3) is 20.0 Å². The molecule has 0 amide bonds. The number of aryl methyl sites for hydroxylation is 2. The van der Waals surface area contributed by atoms with Crippen LogP contribution in [0.4, 0.5) is 11.4 Å². The maximum atomic E-state index is 12.9. The lowest BCUT2D eigenvalue weighted by molar-refractivity contribution is -0.138. The Balaban J connectivity index is 1.83. The molecule has 0 aliphatic carbocycles. The Kier molecular flexibility index (Phi) is 7.29. The third kappa shape index (κ3) is 6.13. The highest BCUT2D eigenvalue weighted by molar-refractivity contribution is 7.93. The number of carbonyl (C=O) groups is 1. The van der Waals surface area contributed by atoms with E-state index in [4.69, 9.17) is 10.8 Å². The van der Waals surface area contributed by atoms with E-state index in [2.05, 4.69) is 9.44 Å². The minimum Gasteiger partial charge on any atom is -0.480 e. The Hall–Kier alpha value is -3.41. The molecule has 0 aliphatic heterocycles. The van der Waals surface area contributed by atoms with E-state index in [9.17, 15) is 21.6 Å². The predicted octanol–water partition coefficient (Wildman–Crippen LogP) is 2.86. The number of nitrogens with one attached hydrogen (secondary N) is 2. The molecule has 1 atom stereocenters. The van der Waals surface area contributed by atoms with Gasteiger partial charge in [0, 0.05) is 5.69 Å². The zero-order valence-corrected chi connectivity index (χ0v) is 20.2. The molecule has 3 aromatic rings. The number of sulfonamides is 2. The van der Waals surface area contributed by atoms with Gasteiger partial charge >= 0.3 is 5.97 Å². The number of carboxylic acid groups (broad SMARTS) is 1. The van der Waals surface area contributed by atoms with Crippen LogP contribution in [0.5, 0.6) is 0 Å².